The van der Waals surface area contributed by atoms with Crippen LogP contribution in [0, 0.1) is 5.92 Å². The van der Waals surface area contributed by atoms with Crippen molar-refractivity contribution in [1.82, 2.24) is 4.31 Å². The van der Waals surface area contributed by atoms with Crippen molar-refractivity contribution < 1.29 is 17.9 Å². The Kier molecular flexibility index (Phi) is 9.33. The van der Waals surface area contributed by atoms with Gasteiger partial charge in [0.2, 0.25) is 10.0 Å². The Morgan fingerprint density at radius 3 is 1.88 bits per heavy atom. The van der Waals surface area contributed by atoms with E-state index in [1.54, 1.807) is 35.9 Å². The molecule has 0 aliphatic carbocycles. The molecular weight excluding hydrogens is 466 g/mol. The molecule has 3 aromatic rings. The first-order valence-corrected chi connectivity index (χ1v) is 13.6. The van der Waals surface area contributed by atoms with Gasteiger partial charge in [-0.2, -0.15) is 4.31 Å². The number of thiophene rings is 1. The van der Waals surface area contributed by atoms with Crippen LogP contribution in [0.5, 0.6) is 11.5 Å². The van der Waals surface area contributed by atoms with Crippen LogP contribution in [0.25, 0.3) is 0 Å². The molecule has 0 aliphatic heterocycles. The van der Waals surface area contributed by atoms with Gasteiger partial charge in [0.1, 0.15) is 11.5 Å². The maximum absolute atomic E-state index is 14.2. The number of sulfonamides is 1. The van der Waals surface area contributed by atoms with Crippen molar-refractivity contribution in [2.75, 3.05) is 14.2 Å². The number of benzene rings is 2. The summed E-state index contributed by atoms with van der Waals surface area (Å²) in [6.07, 6.45) is 2.92. The van der Waals surface area contributed by atoms with Gasteiger partial charge in [-0.1, -0.05) is 43.3 Å². The number of nitrogens with zero attached hydrogens (tertiary/aromatic N) is 1. The fraction of sp³-hybridized carbons (Fsp3) is 0.333. The summed E-state index contributed by atoms with van der Waals surface area (Å²) in [5.74, 6) is 1.41. The van der Waals surface area contributed by atoms with Crippen molar-refractivity contribution in [3.05, 3.63) is 94.7 Å². The van der Waals surface area contributed by atoms with E-state index < -0.39 is 15.3 Å². The molecule has 1 aromatic heterocycles. The summed E-state index contributed by atoms with van der Waals surface area (Å²) in [7, 11) is -0.425. The van der Waals surface area contributed by atoms with E-state index in [1.165, 1.54) is 0 Å². The van der Waals surface area contributed by atoms with Gasteiger partial charge < -0.3 is 9.47 Å². The van der Waals surface area contributed by atoms with Gasteiger partial charge in [-0.15, -0.1) is 17.9 Å². The molecule has 0 N–H and O–H groups in total. The first-order chi connectivity index (χ1) is 16.4. The van der Waals surface area contributed by atoms with Gasteiger partial charge in [0.25, 0.3) is 0 Å². The number of allylic oxidation sites excluding steroid dienone is 1. The predicted molar refractivity (Wildman–Crippen MR) is 140 cm³/mol. The highest BCUT2D eigenvalue weighted by atomic mass is 32.2. The first kappa shape index (κ1) is 26.0. The van der Waals surface area contributed by atoms with E-state index in [0.717, 1.165) is 27.5 Å². The molecule has 34 heavy (non-hydrogen) atoms. The minimum atomic E-state index is -3.66. The lowest BCUT2D eigenvalue weighted by molar-refractivity contribution is 0.377. The highest BCUT2D eigenvalue weighted by Gasteiger charge is 2.36. The van der Waals surface area contributed by atoms with E-state index in [0.29, 0.717) is 12.8 Å². The first-order valence-electron chi connectivity index (χ1n) is 11.3. The number of rotatable bonds is 13. The molecule has 0 amide bonds. The molecule has 0 bridgehead atoms. The Morgan fingerprint density at radius 1 is 0.941 bits per heavy atom. The Balaban J connectivity index is 1.97. The minimum Gasteiger partial charge on any atom is -0.497 e. The van der Waals surface area contributed by atoms with Crippen molar-refractivity contribution in [2.45, 2.75) is 38.1 Å². The normalized spacial score (nSPS) is 13.4. The molecule has 7 heteroatoms. The molecule has 5 nitrogen and oxygen atoms in total. The minimum absolute atomic E-state index is 0.0705. The van der Waals surface area contributed by atoms with Crippen molar-refractivity contribution in [3.8, 4) is 11.5 Å². The molecule has 0 unspecified atom stereocenters. The van der Waals surface area contributed by atoms with E-state index in [-0.39, 0.29) is 19.0 Å². The van der Waals surface area contributed by atoms with Crippen molar-refractivity contribution in [3.63, 3.8) is 0 Å². The second-order valence-electron chi connectivity index (χ2n) is 8.33. The molecule has 2 aromatic carbocycles. The van der Waals surface area contributed by atoms with Gasteiger partial charge in [-0.05, 0) is 59.2 Å². The van der Waals surface area contributed by atoms with Gasteiger partial charge in [0, 0.05) is 24.4 Å². The molecule has 3 rings (SSSR count). The third-order valence-corrected chi connectivity index (χ3v) is 9.21. The molecule has 0 radical (unpaired) electrons. The third-order valence-electron chi connectivity index (χ3n) is 5.93. The van der Waals surface area contributed by atoms with E-state index >= 15 is 0 Å². The quantitative estimate of drug-likeness (QED) is 0.274. The van der Waals surface area contributed by atoms with Crippen LogP contribution >= 0.6 is 11.3 Å². The summed E-state index contributed by atoms with van der Waals surface area (Å²) in [5, 5.41) is 1.43. The number of ether oxygens (including phenoxy) is 2. The summed E-state index contributed by atoms with van der Waals surface area (Å²) >= 11 is 1.59. The fourth-order valence-electron chi connectivity index (χ4n) is 3.94. The van der Waals surface area contributed by atoms with E-state index in [1.807, 2.05) is 73.0 Å². The molecule has 182 valence electrons. The SMILES string of the molecule is C=CC[C@@H](C)[C@@H](Cc1cccs1)S(=O)(=O)N(Cc1ccc(OC)cc1)Cc1ccc(OC)cc1. The summed E-state index contributed by atoms with van der Waals surface area (Å²) in [6, 6.07) is 19.1. The molecule has 0 saturated heterocycles. The second kappa shape index (κ2) is 12.2. The van der Waals surface area contributed by atoms with Gasteiger partial charge in [-0.3, -0.25) is 0 Å². The lowest BCUT2D eigenvalue weighted by Crippen LogP contribution is -2.42. The molecular formula is C27H33NO4S2. The van der Waals surface area contributed by atoms with Gasteiger partial charge >= 0.3 is 0 Å². The molecule has 2 atom stereocenters. The van der Waals surface area contributed by atoms with Crippen LogP contribution < -0.4 is 9.47 Å². The Bertz CT molecular complexity index is 1070. The van der Waals surface area contributed by atoms with Gasteiger partial charge in [0.05, 0.1) is 19.5 Å². The third kappa shape index (κ3) is 6.72. The Morgan fingerprint density at radius 2 is 1.47 bits per heavy atom. The average molecular weight is 500 g/mol. The van der Waals surface area contributed by atoms with Gasteiger partial charge in [0.15, 0.2) is 0 Å². The largest absolute Gasteiger partial charge is 0.497 e. The van der Waals surface area contributed by atoms with Crippen LogP contribution in [-0.2, 0) is 29.5 Å². The number of hydrogen-bond donors (Lipinski definition) is 0. The van der Waals surface area contributed by atoms with Crippen molar-refractivity contribution in [1.29, 1.82) is 0 Å². The molecule has 0 aliphatic rings. The second-order valence-corrected chi connectivity index (χ2v) is 11.5. The summed E-state index contributed by atoms with van der Waals surface area (Å²) < 4.78 is 40.5. The standard InChI is InChI=1S/C27H33NO4S2/c1-5-7-21(2)27(18-26-8-6-17-33-26)34(29,30)28(19-22-9-13-24(31-3)14-10-22)20-23-11-15-25(32-4)16-12-23/h5-6,8-17,21,27H,1,7,18-20H2,2-4H3/t21-,27-/m1/s1. The molecule has 1 heterocycles. The Hall–Kier alpha value is -2.61. The maximum Gasteiger partial charge on any atom is 0.218 e. The monoisotopic (exact) mass is 499 g/mol. The summed E-state index contributed by atoms with van der Waals surface area (Å²) in [6.45, 7) is 6.40. The maximum atomic E-state index is 14.2. The molecule has 0 spiro atoms. The van der Waals surface area contributed by atoms with E-state index in [9.17, 15) is 8.42 Å². The average Bonchev–Trinajstić information content (AvgIpc) is 3.36. The Labute approximate surface area is 207 Å². The predicted octanol–water partition coefficient (Wildman–Crippen LogP) is 5.92. The van der Waals surface area contributed by atoms with Crippen LogP contribution in [-0.4, -0.2) is 32.2 Å². The topological polar surface area (TPSA) is 55.8 Å². The molecule has 0 saturated carbocycles. The summed E-state index contributed by atoms with van der Waals surface area (Å²) in [4.78, 5) is 1.07. The van der Waals surface area contributed by atoms with E-state index in [4.69, 9.17) is 9.47 Å². The zero-order chi connectivity index (χ0) is 24.6. The van der Waals surface area contributed by atoms with Crippen molar-refractivity contribution in [2.24, 2.45) is 5.92 Å². The zero-order valence-electron chi connectivity index (χ0n) is 20.0. The molecule has 0 fully saturated rings. The highest BCUT2D eigenvalue weighted by Crippen LogP contribution is 2.29. The van der Waals surface area contributed by atoms with Crippen molar-refractivity contribution >= 4 is 21.4 Å². The van der Waals surface area contributed by atoms with E-state index in [2.05, 4.69) is 6.58 Å². The smallest absolute Gasteiger partial charge is 0.218 e. The van der Waals surface area contributed by atoms with Gasteiger partial charge in [-0.25, -0.2) is 8.42 Å². The van der Waals surface area contributed by atoms with Crippen LogP contribution in [0.3, 0.4) is 0 Å². The zero-order valence-corrected chi connectivity index (χ0v) is 21.6. The number of hydrogen-bond acceptors (Lipinski definition) is 5. The van der Waals surface area contributed by atoms with Crippen LogP contribution in [0.4, 0.5) is 0 Å². The van der Waals surface area contributed by atoms with Crippen LogP contribution in [0.2, 0.25) is 0 Å². The lowest BCUT2D eigenvalue weighted by atomic mass is 10.0. The van der Waals surface area contributed by atoms with Crippen LogP contribution in [0.1, 0.15) is 29.3 Å². The van der Waals surface area contributed by atoms with Crippen LogP contribution in [0.15, 0.2) is 78.7 Å². The fourth-order valence-corrected chi connectivity index (χ4v) is 6.94. The highest BCUT2D eigenvalue weighted by molar-refractivity contribution is 7.89. The summed E-state index contributed by atoms with van der Waals surface area (Å²) in [5.41, 5.74) is 1.81. The number of methoxy groups -OCH3 is 2. The lowest BCUT2D eigenvalue weighted by Gasteiger charge is -2.31.